The molecule has 10 aromatic heterocycles. The number of fused-ring (bicyclic) bond motifs is 27. The van der Waals surface area contributed by atoms with E-state index in [0.717, 1.165) is 129 Å². The van der Waals surface area contributed by atoms with E-state index < -0.39 is 0 Å². The van der Waals surface area contributed by atoms with Crippen LogP contribution in [0.3, 0.4) is 0 Å². The first-order valence-electron chi connectivity index (χ1n) is 49.0. The molecular weight excluding hydrogens is 1750 g/mol. The van der Waals surface area contributed by atoms with Gasteiger partial charge in [0, 0.05) is 150 Å². The van der Waals surface area contributed by atoms with E-state index >= 15 is 0 Å². The summed E-state index contributed by atoms with van der Waals surface area (Å²) in [5, 5.41) is 25.6. The van der Waals surface area contributed by atoms with E-state index in [2.05, 4.69) is 488 Å². The van der Waals surface area contributed by atoms with Gasteiger partial charge in [0.1, 0.15) is 11.5 Å². The van der Waals surface area contributed by atoms with Crippen molar-refractivity contribution in [3.05, 3.63) is 504 Å². The molecule has 670 valence electrons. The third-order valence-corrected chi connectivity index (χ3v) is 29.3. The Morgan fingerprint density at radius 2 is 0.542 bits per heavy atom. The van der Waals surface area contributed by atoms with Crippen molar-refractivity contribution in [2.45, 2.75) is 0 Å². The number of hydrogen-bond donors (Lipinski definition) is 0. The molecule has 0 saturated carbocycles. The first-order valence-corrected chi connectivity index (χ1v) is 49.0. The minimum atomic E-state index is 0.817. The molecule has 10 heterocycles. The van der Waals surface area contributed by atoms with Gasteiger partial charge in [-0.3, -0.25) is 19.1 Å². The fourth-order valence-corrected chi connectivity index (χ4v) is 22.8. The SMILES string of the molecule is c1ccc(-c2ccc(-c3cccc(-n4c5ccccc5c5cc6c7ccc8ccccc8c7n(-c7ccccc7)c6cc54)c3)nc2)cc1.c1ccc(-c2nc(-n3c4ccccc4c4cc5c6ccc7ccccc7c6n(-c6ccccc6)c5cc43)cc3ncccc23)cc1.c1ccc(-n2c3cc4c(cc3c3ccc5ccccc5c32)c2ccccc2n4-c2nc3ccccc3nc2-c2ccc3ccccc3c2)cc1. The van der Waals surface area contributed by atoms with E-state index in [1.165, 1.54) is 146 Å². The molecule has 0 amide bonds. The Labute approximate surface area is 825 Å². The summed E-state index contributed by atoms with van der Waals surface area (Å²) < 4.78 is 14.4. The molecule has 0 N–H and O–H groups in total. The predicted octanol–water partition coefficient (Wildman–Crippen LogP) is 34.2. The lowest BCUT2D eigenvalue weighted by atomic mass is 10.0. The Kier molecular flexibility index (Phi) is 18.8. The first kappa shape index (κ1) is 81.7. The topological polar surface area (TPSA) is 94.0 Å². The second-order valence-electron chi connectivity index (χ2n) is 37.3. The van der Waals surface area contributed by atoms with Crippen molar-refractivity contribution in [3.8, 4) is 79.3 Å². The average molecular weight is 1840 g/mol. The highest BCUT2D eigenvalue weighted by molar-refractivity contribution is 6.27. The summed E-state index contributed by atoms with van der Waals surface area (Å²) in [5.74, 6) is 1.67. The van der Waals surface area contributed by atoms with E-state index in [0.29, 0.717) is 0 Å². The van der Waals surface area contributed by atoms with E-state index in [9.17, 15) is 0 Å². The summed E-state index contributed by atoms with van der Waals surface area (Å²) >= 11 is 0. The third kappa shape index (κ3) is 13.1. The summed E-state index contributed by atoms with van der Waals surface area (Å²) in [5.41, 5.74) is 29.4. The van der Waals surface area contributed by atoms with Gasteiger partial charge in [-0.15, -0.1) is 0 Å². The average Bonchev–Trinajstić information content (AvgIpc) is 1.55. The maximum Gasteiger partial charge on any atom is 0.165 e. The first-order chi connectivity index (χ1) is 71.4. The molecule has 0 spiro atoms. The van der Waals surface area contributed by atoms with Gasteiger partial charge < -0.3 is 18.3 Å². The van der Waals surface area contributed by atoms with Gasteiger partial charge in [0.2, 0.25) is 0 Å². The van der Waals surface area contributed by atoms with Crippen molar-refractivity contribution in [1.82, 2.24) is 52.3 Å². The van der Waals surface area contributed by atoms with Gasteiger partial charge in [-0.05, 0) is 172 Å². The third-order valence-electron chi connectivity index (χ3n) is 29.3. The Morgan fingerprint density at radius 3 is 1.06 bits per heavy atom. The molecule has 31 rings (SSSR count). The lowest BCUT2D eigenvalue weighted by Gasteiger charge is -2.14. The number of rotatable bonds is 10. The molecule has 0 saturated heterocycles. The van der Waals surface area contributed by atoms with Crippen LogP contribution in [0.25, 0.3) is 275 Å². The lowest BCUT2D eigenvalue weighted by Crippen LogP contribution is -2.04. The predicted molar refractivity (Wildman–Crippen MR) is 601 cm³/mol. The van der Waals surface area contributed by atoms with Gasteiger partial charge in [-0.25, -0.2) is 15.0 Å². The Bertz CT molecular complexity index is 10700. The number of nitrogens with zero attached hydrogens (tertiary/aromatic N) is 11. The summed E-state index contributed by atoms with van der Waals surface area (Å²) in [7, 11) is 0. The maximum absolute atomic E-state index is 5.41. The molecule has 0 bridgehead atoms. The van der Waals surface area contributed by atoms with Gasteiger partial charge in [0.25, 0.3) is 0 Å². The van der Waals surface area contributed by atoms with Crippen molar-refractivity contribution >= 4 is 196 Å². The van der Waals surface area contributed by atoms with Crippen molar-refractivity contribution in [2.24, 2.45) is 0 Å². The van der Waals surface area contributed by atoms with Crippen LogP contribution < -0.4 is 0 Å². The van der Waals surface area contributed by atoms with E-state index in [-0.39, 0.29) is 0 Å². The Balaban J connectivity index is 0.000000103. The molecule has 31 aromatic rings. The molecule has 0 atom stereocenters. The standard InChI is InChI=1S/C46H28N4.C45H29N3.C42H26N4/c1-2-15-33(16-3-1)49-42-28-43-37(27-38(42)36-25-24-30-13-6-7-17-34(30)45(36)49)35-18-8-11-21-41(35)50(43)46-44(47-39-19-9-10-20-40(39)48-46)32-23-22-29-12-4-5-14-31(29)26-32;1-3-12-30(13-4-1)33-23-25-41(46-29-33)32-15-11-18-35(26-32)47-42-21-10-9-20-37(42)39-27-40-38-24-22-31-14-7-8-19-36(31)45(38)48(44(40)28-43(39)47)34-16-5-2-6-17-34;1-3-13-28(14-4-1)41-33-19-11-23-43-36(33)25-40(44-41)46-37-20-10-9-18-31(37)34-24-35-32-22-21-27-12-7-8-17-30(27)42(32)45(38(35)26-39(34)46)29-15-5-2-6-16-29/h1-28H;1-29H;1-26H. The normalized spacial score (nSPS) is 11.9. The van der Waals surface area contributed by atoms with E-state index in [1.807, 2.05) is 42.7 Å². The smallest absolute Gasteiger partial charge is 0.165 e. The lowest BCUT2D eigenvalue weighted by molar-refractivity contribution is 1.08. The van der Waals surface area contributed by atoms with Gasteiger partial charge in [-0.1, -0.05) is 346 Å². The summed E-state index contributed by atoms with van der Waals surface area (Å²) in [6.07, 6.45) is 3.83. The zero-order chi connectivity index (χ0) is 94.6. The van der Waals surface area contributed by atoms with Gasteiger partial charge in [0.15, 0.2) is 5.82 Å². The summed E-state index contributed by atoms with van der Waals surface area (Å²) in [6, 6.07) is 176. The van der Waals surface area contributed by atoms with Gasteiger partial charge >= 0.3 is 0 Å². The molecule has 0 aliphatic heterocycles. The molecule has 0 aliphatic carbocycles. The molecule has 0 fully saturated rings. The van der Waals surface area contributed by atoms with Crippen molar-refractivity contribution < 1.29 is 0 Å². The number of pyridine rings is 3. The maximum atomic E-state index is 5.41. The zero-order valence-corrected chi connectivity index (χ0v) is 77.8. The van der Waals surface area contributed by atoms with Crippen molar-refractivity contribution in [3.63, 3.8) is 0 Å². The van der Waals surface area contributed by atoms with E-state index in [1.54, 1.807) is 0 Å². The number of para-hydroxylation sites is 8. The molecule has 11 heteroatoms. The molecule has 0 aliphatic rings. The minimum absolute atomic E-state index is 0.817. The fraction of sp³-hybridized carbons (Fsp3) is 0. The van der Waals surface area contributed by atoms with Crippen molar-refractivity contribution in [2.75, 3.05) is 0 Å². The Morgan fingerprint density at radius 1 is 0.160 bits per heavy atom. The summed E-state index contributed by atoms with van der Waals surface area (Å²) in [4.78, 5) is 25.8. The molecule has 144 heavy (non-hydrogen) atoms. The highest BCUT2D eigenvalue weighted by Gasteiger charge is 2.28. The second kappa shape index (κ2) is 33.1. The van der Waals surface area contributed by atoms with Crippen LogP contribution in [0.1, 0.15) is 0 Å². The molecule has 11 nitrogen and oxygen atoms in total. The van der Waals surface area contributed by atoms with Crippen LogP contribution in [0.15, 0.2) is 504 Å². The van der Waals surface area contributed by atoms with Crippen LogP contribution in [0.2, 0.25) is 0 Å². The quantitative estimate of drug-likeness (QED) is 0.136. The highest BCUT2D eigenvalue weighted by atomic mass is 15.1. The van der Waals surface area contributed by atoms with Crippen LogP contribution in [0.4, 0.5) is 0 Å². The zero-order valence-electron chi connectivity index (χ0n) is 77.8. The number of aromatic nitrogens is 11. The van der Waals surface area contributed by atoms with E-state index in [4.69, 9.17) is 24.9 Å². The molecular formula is C133H83N11. The van der Waals surface area contributed by atoms with Crippen LogP contribution in [-0.4, -0.2) is 52.3 Å². The van der Waals surface area contributed by atoms with Gasteiger partial charge in [-0.2, -0.15) is 0 Å². The molecule has 0 unspecified atom stereocenters. The summed E-state index contributed by atoms with van der Waals surface area (Å²) in [6.45, 7) is 0. The molecule has 0 radical (unpaired) electrons. The second-order valence-corrected chi connectivity index (χ2v) is 37.3. The number of hydrogen-bond acceptors (Lipinski definition) is 5. The number of benzene rings is 21. The van der Waals surface area contributed by atoms with Crippen molar-refractivity contribution in [1.29, 1.82) is 0 Å². The minimum Gasteiger partial charge on any atom is -0.309 e. The van der Waals surface area contributed by atoms with Gasteiger partial charge in [0.05, 0.1) is 94.1 Å². The molecule has 21 aromatic carbocycles. The van der Waals surface area contributed by atoms with Crippen LogP contribution in [0.5, 0.6) is 0 Å². The van der Waals surface area contributed by atoms with Crippen LogP contribution in [-0.2, 0) is 0 Å². The Hall–Kier alpha value is -19.5. The largest absolute Gasteiger partial charge is 0.309 e. The van der Waals surface area contributed by atoms with Crippen LogP contribution in [0, 0.1) is 0 Å². The highest BCUT2D eigenvalue weighted by Crippen LogP contribution is 2.49. The fourth-order valence-electron chi connectivity index (χ4n) is 22.8. The van der Waals surface area contributed by atoms with Crippen LogP contribution >= 0.6 is 0 Å². The monoisotopic (exact) mass is 1830 g/mol.